The maximum absolute atomic E-state index is 11.5. The van der Waals surface area contributed by atoms with Crippen LogP contribution in [0.25, 0.3) is 0 Å². The van der Waals surface area contributed by atoms with Crippen LogP contribution in [0.3, 0.4) is 0 Å². The second-order valence-corrected chi connectivity index (χ2v) is 5.88. The molecule has 1 N–H and O–H groups in total. The van der Waals surface area contributed by atoms with Gasteiger partial charge >= 0.3 is 5.97 Å². The van der Waals surface area contributed by atoms with Crippen molar-refractivity contribution in [1.82, 2.24) is 9.88 Å². The molecule has 4 nitrogen and oxygen atoms in total. The third-order valence-corrected chi connectivity index (χ3v) is 4.07. The summed E-state index contributed by atoms with van der Waals surface area (Å²) >= 11 is 3.39. The summed E-state index contributed by atoms with van der Waals surface area (Å²) in [5.74, 6) is -0.731. The first-order valence-electron chi connectivity index (χ1n) is 6.10. The molecule has 1 saturated heterocycles. The zero-order valence-electron chi connectivity index (χ0n) is 10.4. The van der Waals surface area contributed by atoms with E-state index in [4.69, 9.17) is 0 Å². The van der Waals surface area contributed by atoms with Crippen LogP contribution in [0.4, 0.5) is 0 Å². The summed E-state index contributed by atoms with van der Waals surface area (Å²) in [7, 11) is 0. The predicted octanol–water partition coefficient (Wildman–Crippen LogP) is 2.67. The van der Waals surface area contributed by atoms with E-state index in [1.807, 2.05) is 17.9 Å². The van der Waals surface area contributed by atoms with Crippen LogP contribution in [0.1, 0.15) is 31.7 Å². The highest BCUT2D eigenvalue weighted by atomic mass is 79.9. The quantitative estimate of drug-likeness (QED) is 0.932. The molecule has 1 atom stereocenters. The number of hydrogen-bond acceptors (Lipinski definition) is 3. The molecule has 0 spiro atoms. The molecular formula is C13H17BrN2O2. The molecular weight excluding hydrogens is 296 g/mol. The molecule has 0 radical (unpaired) electrons. The molecule has 1 aliphatic heterocycles. The maximum Gasteiger partial charge on any atom is 0.323 e. The van der Waals surface area contributed by atoms with Crippen molar-refractivity contribution >= 4 is 21.9 Å². The minimum absolute atomic E-state index is 0.634. The molecule has 0 amide bonds. The molecule has 2 rings (SSSR count). The van der Waals surface area contributed by atoms with Gasteiger partial charge < -0.3 is 5.11 Å². The van der Waals surface area contributed by atoms with Crippen molar-refractivity contribution in [2.75, 3.05) is 6.54 Å². The molecule has 1 aromatic heterocycles. The smallest absolute Gasteiger partial charge is 0.323 e. The number of nitrogens with zero attached hydrogens (tertiary/aromatic N) is 2. The minimum atomic E-state index is -0.749. The second kappa shape index (κ2) is 5.36. The highest BCUT2D eigenvalue weighted by molar-refractivity contribution is 9.10. The van der Waals surface area contributed by atoms with Crippen molar-refractivity contribution in [2.24, 2.45) is 0 Å². The Morgan fingerprint density at radius 3 is 3.00 bits per heavy atom. The Morgan fingerprint density at radius 1 is 1.56 bits per heavy atom. The van der Waals surface area contributed by atoms with Crippen LogP contribution in [-0.4, -0.2) is 33.0 Å². The largest absolute Gasteiger partial charge is 0.480 e. The Bertz CT molecular complexity index is 452. The van der Waals surface area contributed by atoms with Gasteiger partial charge in [-0.25, -0.2) is 0 Å². The van der Waals surface area contributed by atoms with E-state index in [1.54, 1.807) is 12.4 Å². The van der Waals surface area contributed by atoms with E-state index in [2.05, 4.69) is 20.9 Å². The number of carbonyl (C=O) groups is 1. The van der Waals surface area contributed by atoms with Crippen LogP contribution >= 0.6 is 15.9 Å². The highest BCUT2D eigenvalue weighted by Gasteiger charge is 2.41. The van der Waals surface area contributed by atoms with Gasteiger partial charge in [0.1, 0.15) is 5.54 Å². The Balaban J connectivity index is 2.18. The normalized spacial score (nSPS) is 25.0. The third kappa shape index (κ3) is 2.72. The highest BCUT2D eigenvalue weighted by Crippen LogP contribution is 2.29. The van der Waals surface area contributed by atoms with Crippen LogP contribution in [0.5, 0.6) is 0 Å². The molecule has 0 saturated carbocycles. The second-order valence-electron chi connectivity index (χ2n) is 4.97. The Labute approximate surface area is 115 Å². The van der Waals surface area contributed by atoms with E-state index in [9.17, 15) is 9.90 Å². The first kappa shape index (κ1) is 13.5. The molecule has 1 unspecified atom stereocenters. The number of halogens is 1. The van der Waals surface area contributed by atoms with Gasteiger partial charge in [0, 0.05) is 23.4 Å². The van der Waals surface area contributed by atoms with Crippen molar-refractivity contribution in [1.29, 1.82) is 0 Å². The summed E-state index contributed by atoms with van der Waals surface area (Å²) in [5, 5.41) is 9.43. The number of carboxylic acid groups (broad SMARTS) is 1. The number of carboxylic acids is 1. The maximum atomic E-state index is 11.5. The van der Waals surface area contributed by atoms with Crippen molar-refractivity contribution in [2.45, 2.75) is 38.3 Å². The van der Waals surface area contributed by atoms with E-state index in [-0.39, 0.29) is 0 Å². The number of piperidine rings is 1. The molecule has 0 bridgehead atoms. The van der Waals surface area contributed by atoms with Crippen molar-refractivity contribution in [3.8, 4) is 0 Å². The average molecular weight is 313 g/mol. The lowest BCUT2D eigenvalue weighted by atomic mass is 9.88. The molecule has 0 aromatic carbocycles. The van der Waals surface area contributed by atoms with E-state index < -0.39 is 11.5 Å². The molecule has 1 aromatic rings. The summed E-state index contributed by atoms with van der Waals surface area (Å²) in [4.78, 5) is 17.6. The lowest BCUT2D eigenvalue weighted by Crippen LogP contribution is -2.54. The van der Waals surface area contributed by atoms with E-state index in [0.29, 0.717) is 13.0 Å². The SMILES string of the molecule is CC1(C(=O)O)CCCCN1Cc1cncc(Br)c1. The molecule has 98 valence electrons. The van der Waals surface area contributed by atoms with Crippen molar-refractivity contribution < 1.29 is 9.90 Å². The summed E-state index contributed by atoms with van der Waals surface area (Å²) in [5.41, 5.74) is 0.291. The summed E-state index contributed by atoms with van der Waals surface area (Å²) in [6.07, 6.45) is 6.28. The summed E-state index contributed by atoms with van der Waals surface area (Å²) in [6, 6.07) is 1.99. The molecule has 2 heterocycles. The monoisotopic (exact) mass is 312 g/mol. The van der Waals surface area contributed by atoms with E-state index >= 15 is 0 Å². The lowest BCUT2D eigenvalue weighted by Gasteiger charge is -2.41. The number of pyridine rings is 1. The van der Waals surface area contributed by atoms with Gasteiger partial charge in [0.25, 0.3) is 0 Å². The van der Waals surface area contributed by atoms with Crippen LogP contribution < -0.4 is 0 Å². The fourth-order valence-corrected chi connectivity index (χ4v) is 2.85. The van der Waals surface area contributed by atoms with Gasteiger partial charge in [-0.2, -0.15) is 0 Å². The van der Waals surface area contributed by atoms with Crippen molar-refractivity contribution in [3.05, 3.63) is 28.5 Å². The van der Waals surface area contributed by atoms with Crippen LogP contribution in [0.15, 0.2) is 22.9 Å². The molecule has 18 heavy (non-hydrogen) atoms. The Morgan fingerprint density at radius 2 is 2.33 bits per heavy atom. The molecule has 1 fully saturated rings. The van der Waals surface area contributed by atoms with Gasteiger partial charge in [0.05, 0.1) is 0 Å². The van der Waals surface area contributed by atoms with Crippen molar-refractivity contribution in [3.63, 3.8) is 0 Å². The van der Waals surface area contributed by atoms with Gasteiger partial charge in [0.15, 0.2) is 0 Å². The van der Waals surface area contributed by atoms with Gasteiger partial charge in [-0.3, -0.25) is 14.7 Å². The number of rotatable bonds is 3. The van der Waals surface area contributed by atoms with Crippen LogP contribution in [0.2, 0.25) is 0 Å². The Kier molecular flexibility index (Phi) is 4.02. The van der Waals surface area contributed by atoms with Gasteiger partial charge in [-0.15, -0.1) is 0 Å². The summed E-state index contributed by atoms with van der Waals surface area (Å²) in [6.45, 7) is 3.28. The topological polar surface area (TPSA) is 53.4 Å². The average Bonchev–Trinajstić information content (AvgIpc) is 2.32. The van der Waals surface area contributed by atoms with Gasteiger partial charge in [-0.05, 0) is 60.3 Å². The zero-order chi connectivity index (χ0) is 13.2. The number of hydrogen-bond donors (Lipinski definition) is 1. The number of aliphatic carboxylic acids is 1. The standard InChI is InChI=1S/C13H17BrN2O2/c1-13(12(17)18)4-2-3-5-16(13)9-10-6-11(14)8-15-7-10/h6-8H,2-5,9H2,1H3,(H,17,18). The fraction of sp³-hybridized carbons (Fsp3) is 0.538. The fourth-order valence-electron chi connectivity index (χ4n) is 2.44. The predicted molar refractivity (Wildman–Crippen MR) is 72.2 cm³/mol. The Hall–Kier alpha value is -0.940. The minimum Gasteiger partial charge on any atom is -0.480 e. The number of aromatic nitrogens is 1. The van der Waals surface area contributed by atoms with Gasteiger partial charge in [-0.1, -0.05) is 0 Å². The zero-order valence-corrected chi connectivity index (χ0v) is 12.0. The lowest BCUT2D eigenvalue weighted by molar-refractivity contribution is -0.153. The van der Waals surface area contributed by atoms with E-state index in [0.717, 1.165) is 29.4 Å². The van der Waals surface area contributed by atoms with Crippen LogP contribution in [0, 0.1) is 0 Å². The number of likely N-dealkylation sites (tertiary alicyclic amines) is 1. The molecule has 1 aliphatic rings. The third-order valence-electron chi connectivity index (χ3n) is 3.64. The molecule has 5 heteroatoms. The van der Waals surface area contributed by atoms with E-state index in [1.165, 1.54) is 0 Å². The first-order valence-corrected chi connectivity index (χ1v) is 6.89. The first-order chi connectivity index (χ1) is 8.52. The van der Waals surface area contributed by atoms with Crippen LogP contribution in [-0.2, 0) is 11.3 Å². The summed E-state index contributed by atoms with van der Waals surface area (Å²) < 4.78 is 0.925. The molecule has 0 aliphatic carbocycles. The van der Waals surface area contributed by atoms with Gasteiger partial charge in [0.2, 0.25) is 0 Å².